The lowest BCUT2D eigenvalue weighted by Gasteiger charge is -2.44. The van der Waals surface area contributed by atoms with Crippen LogP contribution in [0.1, 0.15) is 13.3 Å². The van der Waals surface area contributed by atoms with Crippen molar-refractivity contribution in [2.75, 3.05) is 6.61 Å². The van der Waals surface area contributed by atoms with E-state index >= 15 is 0 Å². The summed E-state index contributed by atoms with van der Waals surface area (Å²) in [4.78, 5) is 11.2. The Bertz CT molecular complexity index is 894. The monoisotopic (exact) mass is 651 g/mol. The molecule has 0 radical (unpaired) electrons. The van der Waals surface area contributed by atoms with Crippen molar-refractivity contribution < 1.29 is 97.7 Å². The molecule has 1 amide bonds. The van der Waals surface area contributed by atoms with Gasteiger partial charge in [0.2, 0.25) is 0 Å². The van der Waals surface area contributed by atoms with Crippen LogP contribution >= 0.6 is 11.6 Å². The van der Waals surface area contributed by atoms with Crippen LogP contribution in [0.4, 0.5) is 87.8 Å². The molecule has 0 fully saturated rings. The van der Waals surface area contributed by atoms with Crippen LogP contribution in [0.3, 0.4) is 0 Å². The molecule has 0 rings (SSSR count). The van der Waals surface area contributed by atoms with Gasteiger partial charge in [-0.25, -0.2) is 0 Å². The maximum atomic E-state index is 13.7. The minimum atomic E-state index is -9.19. The molecule has 0 aliphatic carbocycles. The summed E-state index contributed by atoms with van der Waals surface area (Å²) in [5.74, 6) is -81.5. The van der Waals surface area contributed by atoms with Crippen LogP contribution in [0.15, 0.2) is 0 Å². The Morgan fingerprint density at radius 2 is 0.846 bits per heavy atom. The highest BCUT2D eigenvalue weighted by atomic mass is 35.5. The molecule has 0 saturated heterocycles. The van der Waals surface area contributed by atoms with Crippen LogP contribution in [0.25, 0.3) is 0 Å². The van der Waals surface area contributed by atoms with Crippen LogP contribution in [0, 0.1) is 0 Å². The average Bonchev–Trinajstić information content (AvgIpc) is 2.75. The Morgan fingerprint density at radius 1 is 0.590 bits per heavy atom. The molecule has 24 heteroatoms. The first-order valence-electron chi connectivity index (χ1n) is 9.05. The Hall–Kier alpha value is -1.68. The van der Waals surface area contributed by atoms with Gasteiger partial charge >= 0.3 is 58.7 Å². The standard InChI is InChI=1S/C15H10ClF20NO2/c1-2-4(3-38)37-5(39)6(17,18)7(19,20)8(21,22)9(23,24)10(25,26)11(27,28)12(29,30)13(31,32)14(33,34)15(16,35)36/h4,38H,2-3H2,1H3,(H,37,39). The molecule has 1 atom stereocenters. The number of hydrogen-bond acceptors (Lipinski definition) is 2. The number of carbonyl (C=O) groups excluding carboxylic acids is 1. The molecule has 234 valence electrons. The molecule has 0 heterocycles. The van der Waals surface area contributed by atoms with E-state index in [-0.39, 0.29) is 0 Å². The fourth-order valence-electron chi connectivity index (χ4n) is 2.25. The zero-order valence-corrected chi connectivity index (χ0v) is 18.5. The number of aliphatic hydroxyl groups excluding tert-OH is 1. The molecule has 0 aromatic carbocycles. The Morgan fingerprint density at radius 3 is 1.08 bits per heavy atom. The van der Waals surface area contributed by atoms with Crippen molar-refractivity contribution in [3.05, 3.63) is 0 Å². The lowest BCUT2D eigenvalue weighted by atomic mass is 9.86. The molecule has 0 saturated carbocycles. The third kappa shape index (κ3) is 4.91. The molecule has 0 bridgehead atoms. The molecule has 0 aromatic rings. The number of carbonyl (C=O) groups is 1. The number of nitrogens with one attached hydrogen (secondary N) is 1. The minimum absolute atomic E-state index is 0.611. The van der Waals surface area contributed by atoms with Gasteiger partial charge in [-0.2, -0.15) is 87.8 Å². The number of alkyl halides is 21. The third-order valence-corrected chi connectivity index (χ3v) is 5.08. The summed E-state index contributed by atoms with van der Waals surface area (Å²) in [6.45, 7) is -0.571. The molecule has 2 N–H and O–H groups in total. The summed E-state index contributed by atoms with van der Waals surface area (Å²) in [7, 11) is 0. The van der Waals surface area contributed by atoms with Gasteiger partial charge in [-0.15, -0.1) is 0 Å². The quantitative estimate of drug-likeness (QED) is 0.178. The molecule has 39 heavy (non-hydrogen) atoms. The van der Waals surface area contributed by atoms with Crippen molar-refractivity contribution in [2.24, 2.45) is 0 Å². The highest BCUT2D eigenvalue weighted by Crippen LogP contribution is 2.66. The predicted molar refractivity (Wildman–Crippen MR) is 84.6 cm³/mol. The van der Waals surface area contributed by atoms with Gasteiger partial charge in [-0.05, 0) is 18.0 Å². The third-order valence-electron chi connectivity index (χ3n) is 4.84. The van der Waals surface area contributed by atoms with Gasteiger partial charge in [-0.3, -0.25) is 4.79 Å². The largest absolute Gasteiger partial charge is 0.394 e. The predicted octanol–water partition coefficient (Wildman–Crippen LogP) is 6.42. The summed E-state index contributed by atoms with van der Waals surface area (Å²) in [5.41, 5.74) is 0. The number of amides is 1. The molecule has 0 aliphatic rings. The Balaban J connectivity index is 7.03. The second-order valence-electron chi connectivity index (χ2n) is 7.43. The van der Waals surface area contributed by atoms with E-state index in [1.165, 1.54) is 0 Å². The molecule has 3 nitrogen and oxygen atoms in total. The molecule has 0 aliphatic heterocycles. The fourth-order valence-corrected chi connectivity index (χ4v) is 2.37. The van der Waals surface area contributed by atoms with Gasteiger partial charge < -0.3 is 10.4 Å². The number of halogens is 21. The summed E-state index contributed by atoms with van der Waals surface area (Å²) in [5, 5.41) is 2.17. The average molecular weight is 652 g/mol. The molecule has 0 aromatic heterocycles. The van der Waals surface area contributed by atoms with E-state index in [0.717, 1.165) is 6.92 Å². The van der Waals surface area contributed by atoms with Crippen molar-refractivity contribution >= 4 is 17.5 Å². The zero-order valence-electron chi connectivity index (χ0n) is 17.8. The van der Waals surface area contributed by atoms with Crippen LogP contribution < -0.4 is 5.32 Å². The van der Waals surface area contributed by atoms with Gasteiger partial charge in [-0.1, -0.05) is 6.92 Å². The maximum Gasteiger partial charge on any atom is 0.393 e. The summed E-state index contributed by atoms with van der Waals surface area (Å²) >= 11 is 3.31. The maximum absolute atomic E-state index is 13.7. The van der Waals surface area contributed by atoms with Gasteiger partial charge in [0.25, 0.3) is 5.91 Å². The van der Waals surface area contributed by atoms with E-state index < -0.39 is 83.7 Å². The Labute approximate surface area is 206 Å². The first kappa shape index (κ1) is 37.3. The van der Waals surface area contributed by atoms with E-state index in [4.69, 9.17) is 5.11 Å². The summed E-state index contributed by atoms with van der Waals surface area (Å²) in [6.07, 6.45) is -0.698. The SMILES string of the molecule is CCC(CO)NC(=O)C(F)(F)C(F)(F)C(F)(F)C(F)(F)C(F)(F)C(F)(F)C(F)(F)C(F)(F)C(F)(F)C(F)(F)Cl. The van der Waals surface area contributed by atoms with E-state index in [2.05, 4.69) is 11.6 Å². The zero-order chi connectivity index (χ0) is 32.3. The van der Waals surface area contributed by atoms with E-state index in [0.29, 0.717) is 5.32 Å². The van der Waals surface area contributed by atoms with Gasteiger partial charge in [0.15, 0.2) is 0 Å². The fraction of sp³-hybridized carbons (Fsp3) is 0.933. The lowest BCUT2D eigenvalue weighted by Crippen LogP contribution is -2.77. The van der Waals surface area contributed by atoms with Crippen molar-refractivity contribution in [3.8, 4) is 0 Å². The number of aliphatic hydroxyl groups is 1. The van der Waals surface area contributed by atoms with Gasteiger partial charge in [0, 0.05) is 0 Å². The first-order chi connectivity index (χ1) is 16.7. The van der Waals surface area contributed by atoms with Crippen LogP contribution in [0.5, 0.6) is 0 Å². The summed E-state index contributed by atoms with van der Waals surface area (Å²) < 4.78 is 268. The highest BCUT2D eigenvalue weighted by Gasteiger charge is 2.98. The second-order valence-corrected chi connectivity index (χ2v) is 7.90. The minimum Gasteiger partial charge on any atom is -0.394 e. The molecule has 0 spiro atoms. The van der Waals surface area contributed by atoms with Crippen molar-refractivity contribution in [2.45, 2.75) is 78.1 Å². The topological polar surface area (TPSA) is 49.3 Å². The normalized spacial score (nSPS) is 16.8. The van der Waals surface area contributed by atoms with Crippen molar-refractivity contribution in [1.82, 2.24) is 5.32 Å². The molecule has 1 unspecified atom stereocenters. The summed E-state index contributed by atoms with van der Waals surface area (Å²) in [6, 6.07) is -2.05. The van der Waals surface area contributed by atoms with Crippen LogP contribution in [0.2, 0.25) is 0 Å². The van der Waals surface area contributed by atoms with Crippen LogP contribution in [-0.2, 0) is 4.79 Å². The number of rotatable bonds is 13. The molecular weight excluding hydrogens is 642 g/mol. The van der Waals surface area contributed by atoms with Gasteiger partial charge in [0.05, 0.1) is 12.6 Å². The number of hydrogen-bond donors (Lipinski definition) is 2. The van der Waals surface area contributed by atoms with E-state index in [1.807, 2.05) is 0 Å². The van der Waals surface area contributed by atoms with Crippen LogP contribution in [-0.4, -0.2) is 82.3 Å². The van der Waals surface area contributed by atoms with Crippen molar-refractivity contribution in [1.29, 1.82) is 0 Å². The molecular formula is C15H10ClF20NO2. The Kier molecular flexibility index (Phi) is 9.57. The smallest absolute Gasteiger partial charge is 0.393 e. The first-order valence-corrected chi connectivity index (χ1v) is 9.43. The highest BCUT2D eigenvalue weighted by molar-refractivity contribution is 6.22. The van der Waals surface area contributed by atoms with Crippen molar-refractivity contribution in [3.63, 3.8) is 0 Å². The van der Waals surface area contributed by atoms with E-state index in [1.54, 1.807) is 0 Å². The van der Waals surface area contributed by atoms with Gasteiger partial charge in [0.1, 0.15) is 0 Å². The second kappa shape index (κ2) is 10.00. The van der Waals surface area contributed by atoms with E-state index in [9.17, 15) is 92.6 Å². The lowest BCUT2D eigenvalue weighted by molar-refractivity contribution is -0.464.